The molecule has 92 valence electrons. The molecule has 5 nitrogen and oxygen atoms in total. The molecular formula is C12H15NO4. The zero-order valence-electron chi connectivity index (χ0n) is 10.1. The van der Waals surface area contributed by atoms with Gasteiger partial charge in [0.15, 0.2) is 0 Å². The summed E-state index contributed by atoms with van der Waals surface area (Å²) in [7, 11) is 4.49. The number of hydrogen-bond acceptors (Lipinski definition) is 5. The first kappa shape index (κ1) is 13.1. The average molecular weight is 237 g/mol. The van der Waals surface area contributed by atoms with Crippen LogP contribution in [0.2, 0.25) is 0 Å². The van der Waals surface area contributed by atoms with Crippen LogP contribution in [0.3, 0.4) is 0 Å². The number of benzene rings is 1. The summed E-state index contributed by atoms with van der Waals surface area (Å²) < 4.78 is 15.4. The Morgan fingerprint density at radius 2 is 1.71 bits per heavy atom. The molecule has 0 bridgehead atoms. The van der Waals surface area contributed by atoms with Crippen LogP contribution in [-0.4, -0.2) is 26.4 Å². The SMILES string of the molecule is COc1cc(OC)c(C(O)CC#N)c(OC)c1. The van der Waals surface area contributed by atoms with E-state index in [0.717, 1.165) is 0 Å². The highest BCUT2D eigenvalue weighted by Crippen LogP contribution is 2.39. The van der Waals surface area contributed by atoms with Crippen molar-refractivity contribution in [2.75, 3.05) is 21.3 Å². The molecular weight excluding hydrogens is 222 g/mol. The Morgan fingerprint density at radius 1 is 1.18 bits per heavy atom. The maximum absolute atomic E-state index is 9.88. The smallest absolute Gasteiger partial charge is 0.132 e. The largest absolute Gasteiger partial charge is 0.496 e. The molecule has 0 saturated heterocycles. The zero-order valence-corrected chi connectivity index (χ0v) is 10.1. The fourth-order valence-electron chi connectivity index (χ4n) is 1.55. The van der Waals surface area contributed by atoms with Crippen molar-refractivity contribution in [3.05, 3.63) is 17.7 Å². The van der Waals surface area contributed by atoms with Crippen molar-refractivity contribution < 1.29 is 19.3 Å². The van der Waals surface area contributed by atoms with E-state index < -0.39 is 6.10 Å². The van der Waals surface area contributed by atoms with Gasteiger partial charge in [0.05, 0.1) is 45.5 Å². The first-order valence-electron chi connectivity index (χ1n) is 5.02. The van der Waals surface area contributed by atoms with Gasteiger partial charge < -0.3 is 19.3 Å². The zero-order chi connectivity index (χ0) is 12.8. The van der Waals surface area contributed by atoms with Gasteiger partial charge in [-0.15, -0.1) is 0 Å². The van der Waals surface area contributed by atoms with Gasteiger partial charge in [0.1, 0.15) is 17.2 Å². The van der Waals surface area contributed by atoms with Crippen LogP contribution in [0.1, 0.15) is 18.1 Å². The van der Waals surface area contributed by atoms with Crippen LogP contribution in [0.4, 0.5) is 0 Å². The lowest BCUT2D eigenvalue weighted by Gasteiger charge is -2.17. The fourth-order valence-corrected chi connectivity index (χ4v) is 1.55. The summed E-state index contributed by atoms with van der Waals surface area (Å²) in [4.78, 5) is 0. The number of hydrogen-bond donors (Lipinski definition) is 1. The van der Waals surface area contributed by atoms with E-state index in [-0.39, 0.29) is 6.42 Å². The Balaban J connectivity index is 3.29. The quantitative estimate of drug-likeness (QED) is 0.843. The molecule has 0 spiro atoms. The first-order valence-corrected chi connectivity index (χ1v) is 5.02. The lowest BCUT2D eigenvalue weighted by Crippen LogP contribution is -2.03. The van der Waals surface area contributed by atoms with Crippen molar-refractivity contribution in [3.8, 4) is 23.3 Å². The molecule has 1 N–H and O–H groups in total. The molecule has 0 aliphatic rings. The molecule has 17 heavy (non-hydrogen) atoms. The maximum atomic E-state index is 9.88. The number of nitrogens with zero attached hydrogens (tertiary/aromatic N) is 1. The Morgan fingerprint density at radius 3 is 2.06 bits per heavy atom. The van der Waals surface area contributed by atoms with Crippen molar-refractivity contribution in [2.45, 2.75) is 12.5 Å². The number of nitriles is 1. The van der Waals surface area contributed by atoms with Crippen molar-refractivity contribution >= 4 is 0 Å². The summed E-state index contributed by atoms with van der Waals surface area (Å²) in [5, 5.41) is 18.5. The third kappa shape index (κ3) is 2.80. The molecule has 1 unspecified atom stereocenters. The van der Waals surface area contributed by atoms with Gasteiger partial charge >= 0.3 is 0 Å². The van der Waals surface area contributed by atoms with Crippen LogP contribution in [-0.2, 0) is 0 Å². The number of aliphatic hydroxyl groups excluding tert-OH is 1. The summed E-state index contributed by atoms with van der Waals surface area (Å²) in [6, 6.07) is 5.18. The Hall–Kier alpha value is -1.93. The normalized spacial score (nSPS) is 11.5. The van der Waals surface area contributed by atoms with Gasteiger partial charge in [0.2, 0.25) is 0 Å². The predicted molar refractivity (Wildman–Crippen MR) is 61.3 cm³/mol. The second-order valence-electron chi connectivity index (χ2n) is 3.32. The lowest BCUT2D eigenvalue weighted by molar-refractivity contribution is 0.174. The van der Waals surface area contributed by atoms with Gasteiger partial charge in [-0.3, -0.25) is 0 Å². The minimum atomic E-state index is -0.948. The first-order chi connectivity index (χ1) is 8.17. The average Bonchev–Trinajstić information content (AvgIpc) is 2.37. The van der Waals surface area contributed by atoms with Crippen LogP contribution in [0.5, 0.6) is 17.2 Å². The molecule has 1 aromatic carbocycles. The molecule has 0 aromatic heterocycles. The molecule has 0 saturated carbocycles. The molecule has 5 heteroatoms. The van der Waals surface area contributed by atoms with E-state index in [4.69, 9.17) is 19.5 Å². The molecule has 0 aliphatic heterocycles. The lowest BCUT2D eigenvalue weighted by atomic mass is 10.0. The monoisotopic (exact) mass is 237 g/mol. The van der Waals surface area contributed by atoms with Crippen molar-refractivity contribution in [1.29, 1.82) is 5.26 Å². The van der Waals surface area contributed by atoms with Crippen LogP contribution in [0.25, 0.3) is 0 Å². The molecule has 1 aromatic rings. The van der Waals surface area contributed by atoms with Crippen LogP contribution < -0.4 is 14.2 Å². The van der Waals surface area contributed by atoms with Crippen LogP contribution in [0, 0.1) is 11.3 Å². The Bertz CT molecular complexity index is 400. The minimum Gasteiger partial charge on any atom is -0.496 e. The standard InChI is InChI=1S/C12H15NO4/c1-15-8-6-10(16-2)12(9(14)4-5-13)11(7-8)17-3/h6-7,9,14H,4H2,1-3H3. The van der Waals surface area contributed by atoms with Gasteiger partial charge in [-0.1, -0.05) is 0 Å². The van der Waals surface area contributed by atoms with Gasteiger partial charge in [-0.25, -0.2) is 0 Å². The summed E-state index contributed by atoms with van der Waals surface area (Å²) in [5.74, 6) is 1.43. The van der Waals surface area contributed by atoms with Crippen LogP contribution >= 0.6 is 0 Å². The van der Waals surface area contributed by atoms with Gasteiger partial charge in [0, 0.05) is 12.1 Å². The Labute approximate surface area is 100 Å². The third-order valence-electron chi connectivity index (χ3n) is 2.37. The highest BCUT2D eigenvalue weighted by Gasteiger charge is 2.20. The van der Waals surface area contributed by atoms with E-state index in [1.54, 1.807) is 12.1 Å². The van der Waals surface area contributed by atoms with E-state index in [9.17, 15) is 5.11 Å². The van der Waals surface area contributed by atoms with Crippen molar-refractivity contribution in [3.63, 3.8) is 0 Å². The highest BCUT2D eigenvalue weighted by atomic mass is 16.5. The van der Waals surface area contributed by atoms with Crippen LogP contribution in [0.15, 0.2) is 12.1 Å². The van der Waals surface area contributed by atoms with E-state index in [1.165, 1.54) is 21.3 Å². The summed E-state index contributed by atoms with van der Waals surface area (Å²) in [5.41, 5.74) is 0.456. The second-order valence-corrected chi connectivity index (χ2v) is 3.32. The van der Waals surface area contributed by atoms with Gasteiger partial charge in [-0.05, 0) is 0 Å². The third-order valence-corrected chi connectivity index (χ3v) is 2.37. The summed E-state index contributed by atoms with van der Waals surface area (Å²) in [6.07, 6.45) is -0.977. The van der Waals surface area contributed by atoms with E-state index in [1.807, 2.05) is 6.07 Å². The fraction of sp³-hybridized carbons (Fsp3) is 0.417. The van der Waals surface area contributed by atoms with E-state index in [0.29, 0.717) is 22.8 Å². The maximum Gasteiger partial charge on any atom is 0.132 e. The Kier molecular flexibility index (Phi) is 4.61. The molecule has 1 rings (SSSR count). The molecule has 0 heterocycles. The number of ether oxygens (including phenoxy) is 3. The molecule has 0 amide bonds. The van der Waals surface area contributed by atoms with Crippen molar-refractivity contribution in [1.82, 2.24) is 0 Å². The predicted octanol–water partition coefficient (Wildman–Crippen LogP) is 1.66. The minimum absolute atomic E-state index is 0.0287. The second kappa shape index (κ2) is 5.97. The summed E-state index contributed by atoms with van der Waals surface area (Å²) >= 11 is 0. The van der Waals surface area contributed by atoms with Crippen molar-refractivity contribution in [2.24, 2.45) is 0 Å². The molecule has 0 radical (unpaired) electrons. The summed E-state index contributed by atoms with van der Waals surface area (Å²) in [6.45, 7) is 0. The molecule has 0 aliphatic carbocycles. The van der Waals surface area contributed by atoms with Gasteiger partial charge in [0.25, 0.3) is 0 Å². The van der Waals surface area contributed by atoms with E-state index >= 15 is 0 Å². The van der Waals surface area contributed by atoms with E-state index in [2.05, 4.69) is 0 Å². The number of methoxy groups -OCH3 is 3. The molecule has 0 fully saturated rings. The topological polar surface area (TPSA) is 71.7 Å². The highest BCUT2D eigenvalue weighted by molar-refractivity contribution is 5.52. The van der Waals surface area contributed by atoms with Gasteiger partial charge in [-0.2, -0.15) is 5.26 Å². The molecule has 1 atom stereocenters. The number of aliphatic hydroxyl groups is 1. The number of rotatable bonds is 5.